The van der Waals surface area contributed by atoms with Gasteiger partial charge in [0, 0.05) is 19.3 Å². The van der Waals surface area contributed by atoms with Gasteiger partial charge in [0.2, 0.25) is 0 Å². The van der Waals surface area contributed by atoms with E-state index in [4.69, 9.17) is 14.2 Å². The van der Waals surface area contributed by atoms with Crippen molar-refractivity contribution >= 4 is 17.9 Å². The molecule has 0 aromatic carbocycles. The van der Waals surface area contributed by atoms with E-state index in [0.29, 0.717) is 6.42 Å². The lowest BCUT2D eigenvalue weighted by Gasteiger charge is -2.34. The number of carbonyl (C=O) groups is 3. The van der Waals surface area contributed by atoms with E-state index in [1.54, 1.807) is 21.1 Å². The van der Waals surface area contributed by atoms with Crippen molar-refractivity contribution in [2.24, 2.45) is 0 Å². The zero-order valence-electron chi connectivity index (χ0n) is 29.3. The van der Waals surface area contributed by atoms with E-state index in [-0.39, 0.29) is 55.5 Å². The molecule has 0 saturated carbocycles. The van der Waals surface area contributed by atoms with Crippen molar-refractivity contribution in [3.8, 4) is 0 Å². The minimum atomic E-state index is -1.14. The number of nitrogens with zero attached hydrogens (tertiary/aromatic N) is 1. The SMILES string of the molecule is CC/C=C/C/C=C/CCC(=O)OCC(COCCC(C(=O)[O-])[N+](C)(C)C)OC(=O)CCCCC/C=C/CCCCCCCCC. The lowest BCUT2D eigenvalue weighted by atomic mass is 10.1. The molecular formula is C37H65NO7. The number of rotatable bonds is 30. The van der Waals surface area contributed by atoms with E-state index in [9.17, 15) is 19.5 Å². The number of unbranched alkanes of at least 4 members (excludes halogenated alkanes) is 10. The Kier molecular flexibility index (Phi) is 27.4. The number of aliphatic carboxylic acids is 1. The molecule has 260 valence electrons. The van der Waals surface area contributed by atoms with Crippen LogP contribution in [0.5, 0.6) is 0 Å². The molecule has 2 unspecified atom stereocenters. The molecule has 0 aliphatic carbocycles. The van der Waals surface area contributed by atoms with Gasteiger partial charge in [-0.3, -0.25) is 9.59 Å². The van der Waals surface area contributed by atoms with Gasteiger partial charge < -0.3 is 28.6 Å². The van der Waals surface area contributed by atoms with Crippen LogP contribution < -0.4 is 5.11 Å². The van der Waals surface area contributed by atoms with Gasteiger partial charge in [0.1, 0.15) is 12.6 Å². The number of likely N-dealkylation sites (N-methyl/N-ethyl adjacent to an activating group) is 1. The number of carboxylic acids is 1. The molecule has 8 nitrogen and oxygen atoms in total. The smallest absolute Gasteiger partial charge is 0.306 e. The van der Waals surface area contributed by atoms with Crippen molar-refractivity contribution in [1.82, 2.24) is 0 Å². The monoisotopic (exact) mass is 635 g/mol. The minimum Gasteiger partial charge on any atom is -0.544 e. The van der Waals surface area contributed by atoms with Gasteiger partial charge in [-0.05, 0) is 51.4 Å². The number of carboxylic acid groups (broad SMARTS) is 1. The Hall–Kier alpha value is -2.45. The molecule has 0 aromatic rings. The van der Waals surface area contributed by atoms with Gasteiger partial charge in [-0.25, -0.2) is 0 Å². The van der Waals surface area contributed by atoms with Crippen LogP contribution in [0.4, 0.5) is 0 Å². The van der Waals surface area contributed by atoms with E-state index in [0.717, 1.165) is 44.9 Å². The Balaban J connectivity index is 4.49. The number of ether oxygens (including phenoxy) is 3. The highest BCUT2D eigenvalue weighted by atomic mass is 16.6. The van der Waals surface area contributed by atoms with Crippen LogP contribution in [0, 0.1) is 0 Å². The lowest BCUT2D eigenvalue weighted by Crippen LogP contribution is -2.55. The summed E-state index contributed by atoms with van der Waals surface area (Å²) in [6, 6.07) is -0.732. The summed E-state index contributed by atoms with van der Waals surface area (Å²) in [5.74, 6) is -1.86. The highest BCUT2D eigenvalue weighted by Gasteiger charge is 2.25. The Bertz CT molecular complexity index is 844. The molecule has 45 heavy (non-hydrogen) atoms. The van der Waals surface area contributed by atoms with Gasteiger partial charge in [0.05, 0.1) is 40.3 Å². The van der Waals surface area contributed by atoms with Gasteiger partial charge >= 0.3 is 11.9 Å². The summed E-state index contributed by atoms with van der Waals surface area (Å²) in [5.41, 5.74) is 0. The first-order valence-electron chi connectivity index (χ1n) is 17.5. The predicted molar refractivity (Wildman–Crippen MR) is 180 cm³/mol. The summed E-state index contributed by atoms with van der Waals surface area (Å²) in [5, 5.41) is 11.5. The molecule has 0 N–H and O–H groups in total. The van der Waals surface area contributed by atoms with Crippen molar-refractivity contribution in [2.75, 3.05) is 41.0 Å². The highest BCUT2D eigenvalue weighted by Crippen LogP contribution is 2.11. The molecule has 0 saturated heterocycles. The second-order valence-electron chi connectivity index (χ2n) is 12.7. The molecule has 0 radical (unpaired) electrons. The predicted octanol–water partition coefficient (Wildman–Crippen LogP) is 7.01. The third kappa shape index (κ3) is 27.6. The summed E-state index contributed by atoms with van der Waals surface area (Å²) in [6.07, 6.45) is 29.2. The average Bonchev–Trinajstić information content (AvgIpc) is 2.98. The van der Waals surface area contributed by atoms with Crippen molar-refractivity contribution < 1.29 is 38.2 Å². The van der Waals surface area contributed by atoms with Crippen LogP contribution in [-0.4, -0.2) is 75.5 Å². The maximum atomic E-state index is 12.6. The largest absolute Gasteiger partial charge is 0.544 e. The maximum absolute atomic E-state index is 12.6. The third-order valence-electron chi connectivity index (χ3n) is 7.52. The molecule has 0 bridgehead atoms. The molecule has 2 atom stereocenters. The van der Waals surface area contributed by atoms with E-state index >= 15 is 0 Å². The number of quaternary nitrogens is 1. The average molecular weight is 636 g/mol. The summed E-state index contributed by atoms with van der Waals surface area (Å²) in [4.78, 5) is 36.3. The molecule has 0 amide bonds. The maximum Gasteiger partial charge on any atom is 0.306 e. The van der Waals surface area contributed by atoms with Gasteiger partial charge in [0.25, 0.3) is 0 Å². The molecule has 0 aliphatic rings. The van der Waals surface area contributed by atoms with Gasteiger partial charge in [0.15, 0.2) is 6.10 Å². The standard InChI is InChI=1S/C37H65NO7/c1-6-8-10-12-14-15-16-17-18-19-20-22-24-26-28-36(40)45-33(31-43-30-29-34(37(41)42)38(3,4)5)32-44-35(39)27-25-23-21-13-11-9-7-2/h9,11,18-19,21,23,33-34H,6-8,10,12-17,20,22,24-32H2,1-5H3/b11-9+,19-18+,23-21+. The molecule has 0 rings (SSSR count). The zero-order chi connectivity index (χ0) is 33.6. The normalized spacial score (nSPS) is 13.5. The van der Waals surface area contributed by atoms with Gasteiger partial charge in [-0.2, -0.15) is 0 Å². The molecule has 0 heterocycles. The number of hydrogen-bond donors (Lipinski definition) is 0. The van der Waals surface area contributed by atoms with Crippen molar-refractivity contribution in [3.05, 3.63) is 36.5 Å². The van der Waals surface area contributed by atoms with E-state index in [2.05, 4.69) is 38.2 Å². The van der Waals surface area contributed by atoms with E-state index < -0.39 is 18.1 Å². The number of esters is 2. The van der Waals surface area contributed by atoms with Crippen LogP contribution >= 0.6 is 0 Å². The van der Waals surface area contributed by atoms with Crippen molar-refractivity contribution in [2.45, 2.75) is 142 Å². The van der Waals surface area contributed by atoms with Crippen LogP contribution in [0.1, 0.15) is 129 Å². The minimum absolute atomic E-state index is 0.0170. The van der Waals surface area contributed by atoms with Crippen LogP contribution in [-0.2, 0) is 28.6 Å². The van der Waals surface area contributed by atoms with E-state index in [1.807, 2.05) is 12.2 Å². The lowest BCUT2D eigenvalue weighted by molar-refractivity contribution is -0.889. The van der Waals surface area contributed by atoms with Crippen molar-refractivity contribution in [1.29, 1.82) is 0 Å². The number of allylic oxidation sites excluding steroid dienone is 6. The Morgan fingerprint density at radius 2 is 1.29 bits per heavy atom. The first kappa shape index (κ1) is 42.6. The fourth-order valence-corrected chi connectivity index (χ4v) is 4.77. The summed E-state index contributed by atoms with van der Waals surface area (Å²) in [7, 11) is 5.36. The second-order valence-corrected chi connectivity index (χ2v) is 12.7. The fraction of sp³-hybridized carbons (Fsp3) is 0.757. The van der Waals surface area contributed by atoms with Crippen LogP contribution in [0.25, 0.3) is 0 Å². The highest BCUT2D eigenvalue weighted by molar-refractivity contribution is 5.70. The molecule has 8 heteroatoms. The molecule has 0 fully saturated rings. The zero-order valence-corrected chi connectivity index (χ0v) is 29.3. The Labute approximate surface area is 274 Å². The third-order valence-corrected chi connectivity index (χ3v) is 7.52. The topological polar surface area (TPSA) is 102 Å². The fourth-order valence-electron chi connectivity index (χ4n) is 4.77. The van der Waals surface area contributed by atoms with Crippen LogP contribution in [0.3, 0.4) is 0 Å². The number of carbonyl (C=O) groups excluding carboxylic acids is 3. The molecule has 0 aromatic heterocycles. The number of hydrogen-bond acceptors (Lipinski definition) is 7. The summed E-state index contributed by atoms with van der Waals surface area (Å²) in [6.45, 7) is 4.40. The van der Waals surface area contributed by atoms with Crippen LogP contribution in [0.15, 0.2) is 36.5 Å². The van der Waals surface area contributed by atoms with Gasteiger partial charge in [-0.1, -0.05) is 95.2 Å². The molecular weight excluding hydrogens is 570 g/mol. The van der Waals surface area contributed by atoms with Crippen molar-refractivity contribution in [3.63, 3.8) is 0 Å². The van der Waals surface area contributed by atoms with E-state index in [1.165, 1.54) is 44.9 Å². The quantitative estimate of drug-likeness (QED) is 0.0362. The van der Waals surface area contributed by atoms with Gasteiger partial charge in [-0.15, -0.1) is 0 Å². The first-order valence-corrected chi connectivity index (χ1v) is 17.5. The molecule has 0 spiro atoms. The Morgan fingerprint density at radius 3 is 1.91 bits per heavy atom. The second kappa shape index (κ2) is 29.0. The summed E-state index contributed by atoms with van der Waals surface area (Å²) < 4.78 is 16.9. The summed E-state index contributed by atoms with van der Waals surface area (Å²) >= 11 is 0. The first-order chi connectivity index (χ1) is 21.6. The van der Waals surface area contributed by atoms with Crippen LogP contribution in [0.2, 0.25) is 0 Å². The molecule has 0 aliphatic heterocycles. The Morgan fingerprint density at radius 1 is 0.689 bits per heavy atom.